The van der Waals surface area contributed by atoms with Crippen molar-refractivity contribution in [2.45, 2.75) is 19.9 Å². The van der Waals surface area contributed by atoms with Crippen LogP contribution in [0, 0.1) is 17.0 Å². The largest absolute Gasteiger partial charge is 0.441 e. The van der Waals surface area contributed by atoms with Crippen molar-refractivity contribution in [3.63, 3.8) is 0 Å². The highest BCUT2D eigenvalue weighted by molar-refractivity contribution is 5.78. The van der Waals surface area contributed by atoms with Gasteiger partial charge in [0.05, 0.1) is 11.0 Å². The summed E-state index contributed by atoms with van der Waals surface area (Å²) in [4.78, 5) is 26.5. The molecule has 0 aliphatic carbocycles. The maximum Gasteiger partial charge on any atom is 0.413 e. The number of amides is 1. The van der Waals surface area contributed by atoms with Crippen LogP contribution in [0.15, 0.2) is 46.9 Å². The van der Waals surface area contributed by atoms with Gasteiger partial charge in [0.25, 0.3) is 5.69 Å². The summed E-state index contributed by atoms with van der Waals surface area (Å²) in [5.74, 6) is 0.758. The number of benzene rings is 2. The Bertz CT molecular complexity index is 933. The van der Waals surface area contributed by atoms with Crippen LogP contribution in [0.1, 0.15) is 24.4 Å². The SMILES string of the molecule is Cc1nc2c([C@@H](C)NC(=O)Oc3ccc([N+](=O)[O-])cc3)cccc2o1. The number of fused-ring (bicyclic) bond motifs is 1. The third kappa shape index (κ3) is 3.57. The molecule has 1 heterocycles. The average Bonchev–Trinajstić information content (AvgIpc) is 2.95. The van der Waals surface area contributed by atoms with Crippen LogP contribution in [0.25, 0.3) is 11.1 Å². The fourth-order valence-electron chi connectivity index (χ4n) is 2.46. The molecule has 0 saturated carbocycles. The quantitative estimate of drug-likeness (QED) is 0.569. The van der Waals surface area contributed by atoms with Gasteiger partial charge in [-0.2, -0.15) is 0 Å². The summed E-state index contributed by atoms with van der Waals surface area (Å²) in [6, 6.07) is 10.4. The zero-order chi connectivity index (χ0) is 18.0. The average molecular weight is 341 g/mol. The molecule has 0 bridgehead atoms. The number of oxazole rings is 1. The molecular weight excluding hydrogens is 326 g/mol. The molecule has 0 unspecified atom stereocenters. The molecule has 0 spiro atoms. The molecule has 3 aromatic rings. The Morgan fingerprint density at radius 3 is 2.68 bits per heavy atom. The van der Waals surface area contributed by atoms with Gasteiger partial charge in [-0.1, -0.05) is 12.1 Å². The number of rotatable bonds is 4. The van der Waals surface area contributed by atoms with Crippen LogP contribution in [0.3, 0.4) is 0 Å². The third-order valence-electron chi connectivity index (χ3n) is 3.62. The van der Waals surface area contributed by atoms with Crippen LogP contribution in [-0.4, -0.2) is 16.0 Å². The van der Waals surface area contributed by atoms with Gasteiger partial charge >= 0.3 is 6.09 Å². The Hall–Kier alpha value is -3.42. The number of aryl methyl sites for hydroxylation is 1. The molecule has 0 radical (unpaired) electrons. The smallest absolute Gasteiger partial charge is 0.413 e. The summed E-state index contributed by atoms with van der Waals surface area (Å²) in [6.45, 7) is 3.56. The second kappa shape index (κ2) is 6.60. The molecule has 1 N–H and O–H groups in total. The molecule has 128 valence electrons. The van der Waals surface area contributed by atoms with E-state index in [1.165, 1.54) is 24.3 Å². The molecule has 8 nitrogen and oxygen atoms in total. The van der Waals surface area contributed by atoms with E-state index in [1.54, 1.807) is 19.9 Å². The third-order valence-corrected chi connectivity index (χ3v) is 3.62. The maximum atomic E-state index is 12.0. The molecule has 0 saturated heterocycles. The van der Waals surface area contributed by atoms with E-state index in [9.17, 15) is 14.9 Å². The van der Waals surface area contributed by atoms with Gasteiger partial charge in [0.15, 0.2) is 11.5 Å². The highest BCUT2D eigenvalue weighted by Crippen LogP contribution is 2.24. The number of carbonyl (C=O) groups excluding carboxylic acids is 1. The van der Waals surface area contributed by atoms with Crippen LogP contribution >= 0.6 is 0 Å². The fraction of sp³-hybridized carbons (Fsp3) is 0.176. The predicted octanol–water partition coefficient (Wildman–Crippen LogP) is 3.89. The van der Waals surface area contributed by atoms with E-state index >= 15 is 0 Å². The lowest BCUT2D eigenvalue weighted by atomic mass is 10.1. The second-order valence-corrected chi connectivity index (χ2v) is 5.43. The number of hydrogen-bond acceptors (Lipinski definition) is 6. The van der Waals surface area contributed by atoms with E-state index < -0.39 is 11.0 Å². The van der Waals surface area contributed by atoms with Crippen molar-refractivity contribution >= 4 is 22.9 Å². The molecule has 0 aliphatic heterocycles. The molecule has 0 aliphatic rings. The van der Waals surface area contributed by atoms with Crippen molar-refractivity contribution in [2.75, 3.05) is 0 Å². The lowest BCUT2D eigenvalue weighted by Gasteiger charge is -2.14. The maximum absolute atomic E-state index is 12.0. The van der Waals surface area contributed by atoms with E-state index in [4.69, 9.17) is 9.15 Å². The molecule has 1 amide bonds. The summed E-state index contributed by atoms with van der Waals surface area (Å²) >= 11 is 0. The van der Waals surface area contributed by atoms with Crippen LogP contribution in [-0.2, 0) is 0 Å². The van der Waals surface area contributed by atoms with Crippen LogP contribution in [0.4, 0.5) is 10.5 Å². The molecule has 0 fully saturated rings. The Morgan fingerprint density at radius 1 is 1.28 bits per heavy atom. The van der Waals surface area contributed by atoms with Crippen molar-refractivity contribution in [3.05, 3.63) is 64.0 Å². The van der Waals surface area contributed by atoms with Crippen LogP contribution in [0.2, 0.25) is 0 Å². The fourth-order valence-corrected chi connectivity index (χ4v) is 2.46. The number of carbonyl (C=O) groups is 1. The minimum atomic E-state index is -0.668. The summed E-state index contributed by atoms with van der Waals surface area (Å²) < 4.78 is 10.6. The van der Waals surface area contributed by atoms with Gasteiger partial charge in [-0.05, 0) is 25.1 Å². The molecule has 2 aromatic carbocycles. The van der Waals surface area contributed by atoms with E-state index in [0.29, 0.717) is 17.0 Å². The van der Waals surface area contributed by atoms with Crippen molar-refractivity contribution in [3.8, 4) is 5.75 Å². The molecule has 25 heavy (non-hydrogen) atoms. The first-order valence-corrected chi connectivity index (χ1v) is 7.53. The van der Waals surface area contributed by atoms with E-state index in [1.807, 2.05) is 12.1 Å². The van der Waals surface area contributed by atoms with E-state index in [-0.39, 0.29) is 17.5 Å². The van der Waals surface area contributed by atoms with Crippen molar-refractivity contribution in [1.29, 1.82) is 0 Å². The molecule has 3 rings (SSSR count). The number of non-ortho nitro benzene ring substituents is 1. The summed E-state index contributed by atoms with van der Waals surface area (Å²) in [6.07, 6.45) is -0.668. The van der Waals surface area contributed by atoms with E-state index in [2.05, 4.69) is 10.3 Å². The number of hydrogen-bond donors (Lipinski definition) is 1. The topological polar surface area (TPSA) is 108 Å². The summed E-state index contributed by atoms with van der Waals surface area (Å²) in [7, 11) is 0. The standard InChI is InChI=1S/C17H15N3O5/c1-10(14-4-3-5-15-16(14)19-11(2)24-15)18-17(21)25-13-8-6-12(7-9-13)20(22)23/h3-10H,1-2H3,(H,18,21)/t10-/m1/s1. The number of nitrogens with one attached hydrogen (secondary N) is 1. The Balaban J connectivity index is 1.70. The predicted molar refractivity (Wildman–Crippen MR) is 89.4 cm³/mol. The Labute approximate surface area is 142 Å². The second-order valence-electron chi connectivity index (χ2n) is 5.43. The van der Waals surface area contributed by atoms with Crippen molar-refractivity contribution < 1.29 is 18.9 Å². The van der Waals surface area contributed by atoms with Crippen molar-refractivity contribution in [2.24, 2.45) is 0 Å². The Kier molecular flexibility index (Phi) is 4.34. The molecular formula is C17H15N3O5. The minimum Gasteiger partial charge on any atom is -0.441 e. The lowest BCUT2D eigenvalue weighted by Crippen LogP contribution is -2.29. The van der Waals surface area contributed by atoms with Gasteiger partial charge in [-0.3, -0.25) is 10.1 Å². The highest BCUT2D eigenvalue weighted by atomic mass is 16.6. The monoisotopic (exact) mass is 341 g/mol. The van der Waals surface area contributed by atoms with Crippen LogP contribution in [0.5, 0.6) is 5.75 Å². The highest BCUT2D eigenvalue weighted by Gasteiger charge is 2.16. The zero-order valence-electron chi connectivity index (χ0n) is 13.6. The molecule has 1 atom stereocenters. The van der Waals surface area contributed by atoms with Gasteiger partial charge < -0.3 is 14.5 Å². The number of ether oxygens (including phenoxy) is 1. The van der Waals surface area contributed by atoms with Gasteiger partial charge in [0.1, 0.15) is 11.3 Å². The van der Waals surface area contributed by atoms with E-state index in [0.717, 1.165) is 5.56 Å². The lowest BCUT2D eigenvalue weighted by molar-refractivity contribution is -0.384. The van der Waals surface area contributed by atoms with Crippen LogP contribution < -0.4 is 10.1 Å². The van der Waals surface area contributed by atoms with Gasteiger partial charge in [0, 0.05) is 24.6 Å². The first-order valence-electron chi connectivity index (χ1n) is 7.53. The Morgan fingerprint density at radius 2 is 2.00 bits per heavy atom. The molecule has 8 heteroatoms. The number of nitro benzene ring substituents is 1. The van der Waals surface area contributed by atoms with Gasteiger partial charge in [-0.25, -0.2) is 9.78 Å². The van der Waals surface area contributed by atoms with Gasteiger partial charge in [0.2, 0.25) is 0 Å². The number of aromatic nitrogens is 1. The molecule has 1 aromatic heterocycles. The first kappa shape index (κ1) is 16.4. The number of nitro groups is 1. The minimum absolute atomic E-state index is 0.0748. The van der Waals surface area contributed by atoms with Gasteiger partial charge in [-0.15, -0.1) is 0 Å². The summed E-state index contributed by atoms with van der Waals surface area (Å²) in [5.41, 5.74) is 2.06. The number of nitrogens with zero attached hydrogens (tertiary/aromatic N) is 2. The first-order chi connectivity index (χ1) is 11.9. The van der Waals surface area contributed by atoms with Crippen molar-refractivity contribution in [1.82, 2.24) is 10.3 Å². The normalized spacial score (nSPS) is 11.9. The summed E-state index contributed by atoms with van der Waals surface area (Å²) in [5, 5.41) is 13.3. The zero-order valence-corrected chi connectivity index (χ0v) is 13.6. The number of para-hydroxylation sites is 1.